The SMILES string of the molecule is CCC(O)C(O)C(O)CC(C)=O. The van der Waals surface area contributed by atoms with Gasteiger partial charge < -0.3 is 15.3 Å². The van der Waals surface area contributed by atoms with Crippen LogP contribution >= 0.6 is 0 Å². The number of aliphatic hydroxyl groups excluding tert-OH is 3. The van der Waals surface area contributed by atoms with Crippen LogP contribution in [0.1, 0.15) is 26.7 Å². The Balaban J connectivity index is 3.91. The molecule has 4 nitrogen and oxygen atoms in total. The Morgan fingerprint density at radius 2 is 1.75 bits per heavy atom. The highest BCUT2D eigenvalue weighted by molar-refractivity contribution is 5.76. The maximum atomic E-state index is 10.5. The van der Waals surface area contributed by atoms with Crippen molar-refractivity contribution in [2.45, 2.75) is 45.0 Å². The van der Waals surface area contributed by atoms with Gasteiger partial charge in [-0.1, -0.05) is 6.92 Å². The highest BCUT2D eigenvalue weighted by Gasteiger charge is 2.23. The lowest BCUT2D eigenvalue weighted by atomic mass is 10.0. The highest BCUT2D eigenvalue weighted by Crippen LogP contribution is 2.06. The topological polar surface area (TPSA) is 77.8 Å². The van der Waals surface area contributed by atoms with Crippen molar-refractivity contribution in [3.8, 4) is 0 Å². The monoisotopic (exact) mass is 176 g/mol. The number of hydrogen-bond acceptors (Lipinski definition) is 4. The lowest BCUT2D eigenvalue weighted by molar-refractivity contribution is -0.123. The molecule has 0 saturated carbocycles. The predicted molar refractivity (Wildman–Crippen MR) is 43.6 cm³/mol. The van der Waals surface area contributed by atoms with Crippen molar-refractivity contribution in [3.05, 3.63) is 0 Å². The molecule has 0 heterocycles. The van der Waals surface area contributed by atoms with E-state index in [1.807, 2.05) is 0 Å². The molecule has 0 fully saturated rings. The minimum Gasteiger partial charge on any atom is -0.390 e. The highest BCUT2D eigenvalue weighted by atomic mass is 16.4. The van der Waals surface area contributed by atoms with E-state index < -0.39 is 18.3 Å². The van der Waals surface area contributed by atoms with Crippen LogP contribution in [0, 0.1) is 0 Å². The van der Waals surface area contributed by atoms with Crippen LogP contribution in [0.5, 0.6) is 0 Å². The first-order valence-electron chi connectivity index (χ1n) is 4.02. The van der Waals surface area contributed by atoms with Crippen molar-refractivity contribution in [3.63, 3.8) is 0 Å². The Morgan fingerprint density at radius 3 is 2.08 bits per heavy atom. The molecule has 0 aliphatic heterocycles. The Bertz CT molecular complexity index is 146. The Kier molecular flexibility index (Phi) is 5.04. The standard InChI is InChI=1S/C8H16O4/c1-3-6(10)8(12)7(11)4-5(2)9/h6-8,10-12H,3-4H2,1-2H3. The second-order valence-corrected chi connectivity index (χ2v) is 2.94. The summed E-state index contributed by atoms with van der Waals surface area (Å²) in [5, 5.41) is 27.4. The predicted octanol–water partition coefficient (Wildman–Crippen LogP) is -0.542. The molecule has 3 N–H and O–H groups in total. The van der Waals surface area contributed by atoms with E-state index in [1.54, 1.807) is 6.92 Å². The van der Waals surface area contributed by atoms with Crippen molar-refractivity contribution in [1.29, 1.82) is 0 Å². The molecular weight excluding hydrogens is 160 g/mol. The zero-order valence-corrected chi connectivity index (χ0v) is 7.40. The van der Waals surface area contributed by atoms with Crippen molar-refractivity contribution in [2.75, 3.05) is 0 Å². The maximum absolute atomic E-state index is 10.5. The zero-order valence-electron chi connectivity index (χ0n) is 7.40. The molecule has 0 radical (unpaired) electrons. The van der Waals surface area contributed by atoms with Gasteiger partial charge in [-0.25, -0.2) is 0 Å². The van der Waals surface area contributed by atoms with Gasteiger partial charge in [0.1, 0.15) is 11.9 Å². The lowest BCUT2D eigenvalue weighted by Gasteiger charge is -2.20. The molecule has 0 aromatic carbocycles. The summed E-state index contributed by atoms with van der Waals surface area (Å²) in [6.07, 6.45) is -3.09. The van der Waals surface area contributed by atoms with Gasteiger partial charge in [-0.2, -0.15) is 0 Å². The molecule has 0 bridgehead atoms. The van der Waals surface area contributed by atoms with Gasteiger partial charge in [-0.3, -0.25) is 4.79 Å². The van der Waals surface area contributed by atoms with Gasteiger partial charge in [-0.15, -0.1) is 0 Å². The minimum atomic E-state index is -1.22. The molecule has 4 heteroatoms. The number of carbonyl (C=O) groups is 1. The Morgan fingerprint density at radius 1 is 1.25 bits per heavy atom. The molecule has 12 heavy (non-hydrogen) atoms. The summed E-state index contributed by atoms with van der Waals surface area (Å²) in [6.45, 7) is 3.02. The van der Waals surface area contributed by atoms with Crippen LogP contribution in [0.15, 0.2) is 0 Å². The number of ketones is 1. The fourth-order valence-electron chi connectivity index (χ4n) is 0.913. The fourth-order valence-corrected chi connectivity index (χ4v) is 0.913. The molecule has 0 aromatic rings. The van der Waals surface area contributed by atoms with E-state index in [2.05, 4.69) is 0 Å². The van der Waals surface area contributed by atoms with Gasteiger partial charge in [0.25, 0.3) is 0 Å². The van der Waals surface area contributed by atoms with Gasteiger partial charge in [0.15, 0.2) is 0 Å². The average Bonchev–Trinajstić information content (AvgIpc) is 2.00. The van der Waals surface area contributed by atoms with Gasteiger partial charge in [0, 0.05) is 6.42 Å². The summed E-state index contributed by atoms with van der Waals surface area (Å²) in [6, 6.07) is 0. The quantitative estimate of drug-likeness (QED) is 0.525. The second-order valence-electron chi connectivity index (χ2n) is 2.94. The van der Waals surface area contributed by atoms with Crippen LogP contribution in [-0.4, -0.2) is 39.4 Å². The van der Waals surface area contributed by atoms with E-state index in [9.17, 15) is 9.90 Å². The Hall–Kier alpha value is -0.450. The van der Waals surface area contributed by atoms with Crippen molar-refractivity contribution >= 4 is 5.78 Å². The molecule has 0 aliphatic rings. The van der Waals surface area contributed by atoms with Crippen molar-refractivity contribution in [2.24, 2.45) is 0 Å². The molecule has 0 spiro atoms. The van der Waals surface area contributed by atoms with Crippen LogP contribution < -0.4 is 0 Å². The molecule has 0 rings (SSSR count). The first kappa shape index (κ1) is 11.6. The third-order valence-corrected chi connectivity index (χ3v) is 1.70. The van der Waals surface area contributed by atoms with Crippen LogP contribution in [0.2, 0.25) is 0 Å². The smallest absolute Gasteiger partial charge is 0.132 e. The molecule has 0 aliphatic carbocycles. The van der Waals surface area contributed by atoms with Crippen LogP contribution in [0.25, 0.3) is 0 Å². The second kappa shape index (κ2) is 5.24. The van der Waals surface area contributed by atoms with Crippen molar-refractivity contribution in [1.82, 2.24) is 0 Å². The number of carbonyl (C=O) groups excluding carboxylic acids is 1. The van der Waals surface area contributed by atoms with E-state index in [1.165, 1.54) is 6.92 Å². The van der Waals surface area contributed by atoms with E-state index >= 15 is 0 Å². The molecule has 0 saturated heterocycles. The summed E-state index contributed by atoms with van der Waals surface area (Å²) in [7, 11) is 0. The Labute approximate surface area is 71.8 Å². The van der Waals surface area contributed by atoms with Crippen molar-refractivity contribution < 1.29 is 20.1 Å². The third-order valence-electron chi connectivity index (χ3n) is 1.70. The molecular formula is C8H16O4. The normalized spacial score (nSPS) is 18.4. The number of hydrogen-bond donors (Lipinski definition) is 3. The summed E-state index contributed by atoms with van der Waals surface area (Å²) >= 11 is 0. The molecule has 3 atom stereocenters. The summed E-state index contributed by atoms with van der Waals surface area (Å²) < 4.78 is 0. The number of rotatable bonds is 5. The largest absolute Gasteiger partial charge is 0.390 e. The summed E-state index contributed by atoms with van der Waals surface area (Å²) in [5.74, 6) is -0.204. The van der Waals surface area contributed by atoms with E-state index in [0.717, 1.165) is 0 Å². The number of aliphatic hydroxyl groups is 3. The fraction of sp³-hybridized carbons (Fsp3) is 0.875. The maximum Gasteiger partial charge on any atom is 0.132 e. The van der Waals surface area contributed by atoms with Gasteiger partial charge in [-0.05, 0) is 13.3 Å². The summed E-state index contributed by atoms with van der Waals surface area (Å²) in [4.78, 5) is 10.5. The molecule has 0 aromatic heterocycles. The molecule has 0 amide bonds. The van der Waals surface area contributed by atoms with E-state index in [-0.39, 0.29) is 12.2 Å². The minimum absolute atomic E-state index is 0.113. The average molecular weight is 176 g/mol. The number of Topliss-reactive ketones (excluding diaryl/α,β-unsaturated/α-hetero) is 1. The molecule has 72 valence electrons. The first-order chi connectivity index (χ1) is 5.49. The third kappa shape index (κ3) is 3.80. The van der Waals surface area contributed by atoms with E-state index in [4.69, 9.17) is 10.2 Å². The van der Waals surface area contributed by atoms with Gasteiger partial charge >= 0.3 is 0 Å². The zero-order chi connectivity index (χ0) is 9.72. The van der Waals surface area contributed by atoms with Crippen LogP contribution in [-0.2, 0) is 4.79 Å². The first-order valence-corrected chi connectivity index (χ1v) is 4.02. The van der Waals surface area contributed by atoms with Gasteiger partial charge in [0.2, 0.25) is 0 Å². The van der Waals surface area contributed by atoms with Gasteiger partial charge in [0.05, 0.1) is 12.2 Å². The lowest BCUT2D eigenvalue weighted by Crippen LogP contribution is -2.37. The van der Waals surface area contributed by atoms with E-state index in [0.29, 0.717) is 6.42 Å². The summed E-state index contributed by atoms with van der Waals surface area (Å²) in [5.41, 5.74) is 0. The van der Waals surface area contributed by atoms with Crippen LogP contribution in [0.3, 0.4) is 0 Å². The van der Waals surface area contributed by atoms with Crippen LogP contribution in [0.4, 0.5) is 0 Å². The molecule has 3 unspecified atom stereocenters.